The number of ether oxygens (including phenoxy) is 1. The summed E-state index contributed by atoms with van der Waals surface area (Å²) in [4.78, 5) is 22.4. The molecule has 120 valence electrons. The highest BCUT2D eigenvalue weighted by Gasteiger charge is 2.15. The second-order valence-corrected chi connectivity index (χ2v) is 6.00. The fraction of sp³-hybridized carbons (Fsp3) is 0.188. The van der Waals surface area contributed by atoms with Gasteiger partial charge in [0.1, 0.15) is 12.4 Å². The van der Waals surface area contributed by atoms with Crippen molar-refractivity contribution in [3.05, 3.63) is 67.3 Å². The summed E-state index contributed by atoms with van der Waals surface area (Å²) < 4.78 is 6.17. The molecule has 2 aromatic carbocycles. The maximum Gasteiger partial charge on any atom is 0.270 e. The number of aryl methyl sites for hydroxylation is 1. The molecule has 1 amide bonds. The van der Waals surface area contributed by atoms with Crippen LogP contribution in [-0.2, 0) is 0 Å². The number of amides is 1. The SMILES string of the molecule is Cc1ccc(OCCNC(=O)c2cc([N+](=O)[O-])ccc2I)cc1. The van der Waals surface area contributed by atoms with Crippen LogP contribution in [0.25, 0.3) is 0 Å². The number of carbonyl (C=O) groups excluding carboxylic acids is 1. The van der Waals surface area contributed by atoms with Gasteiger partial charge in [-0.2, -0.15) is 0 Å². The number of hydrogen-bond acceptors (Lipinski definition) is 4. The molecular formula is C16H15IN2O4. The van der Waals surface area contributed by atoms with E-state index in [0.29, 0.717) is 16.7 Å². The fourth-order valence-electron chi connectivity index (χ4n) is 1.86. The average molecular weight is 426 g/mol. The number of non-ortho nitro benzene ring substituents is 1. The van der Waals surface area contributed by atoms with Crippen molar-refractivity contribution in [1.29, 1.82) is 0 Å². The van der Waals surface area contributed by atoms with E-state index < -0.39 is 4.92 Å². The summed E-state index contributed by atoms with van der Waals surface area (Å²) in [7, 11) is 0. The Labute approximate surface area is 147 Å². The first-order valence-corrected chi connectivity index (χ1v) is 7.97. The molecule has 0 bridgehead atoms. The molecule has 0 aliphatic heterocycles. The molecule has 0 saturated heterocycles. The van der Waals surface area contributed by atoms with E-state index in [0.717, 1.165) is 11.3 Å². The summed E-state index contributed by atoms with van der Waals surface area (Å²) in [6.45, 7) is 2.62. The van der Waals surface area contributed by atoms with Crippen molar-refractivity contribution in [2.45, 2.75) is 6.92 Å². The topological polar surface area (TPSA) is 81.5 Å². The number of nitro groups is 1. The summed E-state index contributed by atoms with van der Waals surface area (Å²) in [5.74, 6) is 0.375. The maximum atomic E-state index is 12.1. The zero-order valence-corrected chi connectivity index (χ0v) is 14.6. The molecule has 0 atom stereocenters. The molecule has 0 radical (unpaired) electrons. The fourth-order valence-corrected chi connectivity index (χ4v) is 2.44. The van der Waals surface area contributed by atoms with E-state index in [1.165, 1.54) is 12.1 Å². The summed E-state index contributed by atoms with van der Waals surface area (Å²) in [6.07, 6.45) is 0. The van der Waals surface area contributed by atoms with Crippen molar-refractivity contribution in [2.24, 2.45) is 0 Å². The zero-order valence-electron chi connectivity index (χ0n) is 12.4. The van der Waals surface area contributed by atoms with Gasteiger partial charge in [0.2, 0.25) is 0 Å². The number of carbonyl (C=O) groups is 1. The molecule has 0 aliphatic carbocycles. The molecule has 6 nitrogen and oxygen atoms in total. The summed E-state index contributed by atoms with van der Waals surface area (Å²) in [5.41, 5.74) is 1.33. The Bertz CT molecular complexity index is 717. The van der Waals surface area contributed by atoms with Crippen molar-refractivity contribution in [2.75, 3.05) is 13.2 Å². The van der Waals surface area contributed by atoms with Gasteiger partial charge in [-0.05, 0) is 47.7 Å². The van der Waals surface area contributed by atoms with Gasteiger partial charge in [0, 0.05) is 15.7 Å². The van der Waals surface area contributed by atoms with Crippen LogP contribution in [0.5, 0.6) is 5.75 Å². The molecule has 1 N–H and O–H groups in total. The number of nitro benzene ring substituents is 1. The second-order valence-electron chi connectivity index (χ2n) is 4.84. The molecule has 2 aromatic rings. The highest BCUT2D eigenvalue weighted by Crippen LogP contribution is 2.19. The van der Waals surface area contributed by atoms with E-state index in [2.05, 4.69) is 5.32 Å². The first-order valence-electron chi connectivity index (χ1n) is 6.89. The van der Waals surface area contributed by atoms with Crippen LogP contribution in [0, 0.1) is 20.6 Å². The van der Waals surface area contributed by atoms with Crippen LogP contribution in [0.2, 0.25) is 0 Å². The van der Waals surface area contributed by atoms with Gasteiger partial charge in [-0.1, -0.05) is 17.7 Å². The Morgan fingerprint density at radius 3 is 2.61 bits per heavy atom. The predicted octanol–water partition coefficient (Wildman–Crippen LogP) is 3.32. The second kappa shape index (κ2) is 7.91. The van der Waals surface area contributed by atoms with Crippen LogP contribution >= 0.6 is 22.6 Å². The number of nitrogens with one attached hydrogen (secondary N) is 1. The van der Waals surface area contributed by atoms with Crippen LogP contribution in [0.4, 0.5) is 5.69 Å². The molecule has 0 unspecified atom stereocenters. The number of hydrogen-bond donors (Lipinski definition) is 1. The molecule has 7 heteroatoms. The average Bonchev–Trinajstić information content (AvgIpc) is 2.53. The van der Waals surface area contributed by atoms with Crippen molar-refractivity contribution >= 4 is 34.2 Å². The van der Waals surface area contributed by atoms with Gasteiger partial charge in [-0.3, -0.25) is 14.9 Å². The summed E-state index contributed by atoms with van der Waals surface area (Å²) >= 11 is 1.97. The summed E-state index contributed by atoms with van der Waals surface area (Å²) in [6, 6.07) is 11.8. The summed E-state index contributed by atoms with van der Waals surface area (Å²) in [5, 5.41) is 13.5. The van der Waals surface area contributed by atoms with Crippen molar-refractivity contribution in [1.82, 2.24) is 5.32 Å². The highest BCUT2D eigenvalue weighted by molar-refractivity contribution is 14.1. The van der Waals surface area contributed by atoms with Gasteiger partial charge in [0.05, 0.1) is 17.0 Å². The molecular weight excluding hydrogens is 411 g/mol. The number of benzene rings is 2. The van der Waals surface area contributed by atoms with Crippen molar-refractivity contribution in [3.63, 3.8) is 0 Å². The molecule has 2 rings (SSSR count). The molecule has 23 heavy (non-hydrogen) atoms. The minimum atomic E-state index is -0.520. The van der Waals surface area contributed by atoms with E-state index in [4.69, 9.17) is 4.74 Å². The zero-order chi connectivity index (χ0) is 16.8. The molecule has 0 aliphatic rings. The Kier molecular flexibility index (Phi) is 5.91. The van der Waals surface area contributed by atoms with Crippen LogP contribution < -0.4 is 10.1 Å². The lowest BCUT2D eigenvalue weighted by molar-refractivity contribution is -0.384. The Hall–Kier alpha value is -2.16. The van der Waals surface area contributed by atoms with Gasteiger partial charge < -0.3 is 10.1 Å². The quantitative estimate of drug-likeness (QED) is 0.333. The minimum Gasteiger partial charge on any atom is -0.492 e. The van der Waals surface area contributed by atoms with Gasteiger partial charge in [0.25, 0.3) is 11.6 Å². The van der Waals surface area contributed by atoms with Crippen molar-refractivity contribution in [3.8, 4) is 5.75 Å². The highest BCUT2D eigenvalue weighted by atomic mass is 127. The van der Waals surface area contributed by atoms with Gasteiger partial charge in [-0.25, -0.2) is 0 Å². The van der Waals surface area contributed by atoms with Gasteiger partial charge in [0.15, 0.2) is 0 Å². The third-order valence-corrected chi connectivity index (χ3v) is 4.02. The molecule has 0 aromatic heterocycles. The first-order chi connectivity index (χ1) is 11.0. The Morgan fingerprint density at radius 1 is 1.26 bits per heavy atom. The predicted molar refractivity (Wildman–Crippen MR) is 94.8 cm³/mol. The minimum absolute atomic E-state index is 0.105. The standard InChI is InChI=1S/C16H15IN2O4/c1-11-2-5-13(6-3-11)23-9-8-18-16(20)14-10-12(19(21)22)4-7-15(14)17/h2-7,10H,8-9H2,1H3,(H,18,20). The van der Waals surface area contributed by atoms with Gasteiger partial charge in [-0.15, -0.1) is 0 Å². The molecule has 0 spiro atoms. The normalized spacial score (nSPS) is 10.2. The largest absolute Gasteiger partial charge is 0.492 e. The lowest BCUT2D eigenvalue weighted by atomic mass is 10.2. The van der Waals surface area contributed by atoms with E-state index in [1.807, 2.05) is 53.8 Å². The van der Waals surface area contributed by atoms with Crippen LogP contribution in [-0.4, -0.2) is 24.0 Å². The number of nitrogens with zero attached hydrogens (tertiary/aromatic N) is 1. The lowest BCUT2D eigenvalue weighted by Gasteiger charge is -2.09. The third kappa shape index (κ3) is 4.92. The van der Waals surface area contributed by atoms with E-state index in [9.17, 15) is 14.9 Å². The van der Waals surface area contributed by atoms with Crippen molar-refractivity contribution < 1.29 is 14.5 Å². The first kappa shape index (κ1) is 17.2. The molecule has 0 saturated carbocycles. The third-order valence-electron chi connectivity index (χ3n) is 3.08. The molecule has 0 heterocycles. The smallest absolute Gasteiger partial charge is 0.270 e. The number of halogens is 1. The Balaban J connectivity index is 1.88. The van der Waals surface area contributed by atoms with Crippen LogP contribution in [0.1, 0.15) is 15.9 Å². The Morgan fingerprint density at radius 2 is 1.96 bits per heavy atom. The number of rotatable bonds is 6. The maximum absolute atomic E-state index is 12.1. The van der Waals surface area contributed by atoms with Crippen LogP contribution in [0.3, 0.4) is 0 Å². The van der Waals surface area contributed by atoms with Crippen LogP contribution in [0.15, 0.2) is 42.5 Å². The van der Waals surface area contributed by atoms with E-state index >= 15 is 0 Å². The van der Waals surface area contributed by atoms with E-state index in [-0.39, 0.29) is 17.2 Å². The molecule has 0 fully saturated rings. The lowest BCUT2D eigenvalue weighted by Crippen LogP contribution is -2.28. The monoisotopic (exact) mass is 426 g/mol. The van der Waals surface area contributed by atoms with E-state index in [1.54, 1.807) is 6.07 Å². The van der Waals surface area contributed by atoms with Gasteiger partial charge >= 0.3 is 0 Å².